The lowest BCUT2D eigenvalue weighted by Gasteiger charge is -2.05. The fourth-order valence-electron chi connectivity index (χ4n) is 0.968. The normalized spacial score (nSPS) is 15.4. The molecule has 3 N–H and O–H groups in total. The van der Waals surface area contributed by atoms with Gasteiger partial charge in [0.2, 0.25) is 0 Å². The molecular formula is C7H8N2O2. The molecule has 1 aliphatic rings. The van der Waals surface area contributed by atoms with E-state index in [9.17, 15) is 0 Å². The molecular weight excluding hydrogens is 144 g/mol. The van der Waals surface area contributed by atoms with Gasteiger partial charge in [-0.2, -0.15) is 5.43 Å². The third-order valence-electron chi connectivity index (χ3n) is 1.45. The van der Waals surface area contributed by atoms with Gasteiger partial charge in [-0.15, -0.1) is 0 Å². The standard InChI is InChI=1S/C7H8N2O2/c8-9-7-10-5-3-1-2-4-6(5)11-7/h1-4,7,9H,8H2. The molecule has 0 spiro atoms. The van der Waals surface area contributed by atoms with Crippen LogP contribution >= 0.6 is 0 Å². The Kier molecular flexibility index (Phi) is 1.41. The van der Waals surface area contributed by atoms with Gasteiger partial charge in [0.15, 0.2) is 11.5 Å². The van der Waals surface area contributed by atoms with Crippen LogP contribution in [-0.2, 0) is 0 Å². The minimum Gasteiger partial charge on any atom is -0.437 e. The van der Waals surface area contributed by atoms with Gasteiger partial charge in [-0.05, 0) is 12.1 Å². The highest BCUT2D eigenvalue weighted by molar-refractivity contribution is 5.41. The first-order valence-electron chi connectivity index (χ1n) is 3.28. The number of hydrogen-bond donors (Lipinski definition) is 2. The Bertz CT molecular complexity index is 239. The summed E-state index contributed by atoms with van der Waals surface area (Å²) in [5.74, 6) is 6.55. The van der Waals surface area contributed by atoms with E-state index in [2.05, 4.69) is 5.43 Å². The van der Waals surface area contributed by atoms with E-state index in [1.54, 1.807) is 0 Å². The van der Waals surface area contributed by atoms with Crippen molar-refractivity contribution in [3.8, 4) is 11.5 Å². The summed E-state index contributed by atoms with van der Waals surface area (Å²) >= 11 is 0. The van der Waals surface area contributed by atoms with Gasteiger partial charge >= 0.3 is 6.41 Å². The Hall–Kier alpha value is -1.26. The zero-order valence-corrected chi connectivity index (χ0v) is 5.78. The van der Waals surface area contributed by atoms with E-state index in [0.717, 1.165) is 11.5 Å². The number of rotatable bonds is 1. The zero-order valence-electron chi connectivity index (χ0n) is 5.78. The third kappa shape index (κ3) is 1.02. The van der Waals surface area contributed by atoms with Crippen LogP contribution in [0.1, 0.15) is 0 Å². The van der Waals surface area contributed by atoms with Crippen molar-refractivity contribution >= 4 is 0 Å². The highest BCUT2D eigenvalue weighted by atomic mass is 16.7. The SMILES string of the molecule is NNC1Oc2ccccc2O1. The first kappa shape index (κ1) is 6.45. The Balaban J connectivity index is 2.27. The predicted octanol–water partition coefficient (Wildman–Crippen LogP) is 0.205. The minimum atomic E-state index is -0.549. The van der Waals surface area contributed by atoms with Crippen LogP contribution in [0.3, 0.4) is 0 Å². The molecule has 0 aliphatic carbocycles. The Labute approximate surface area is 63.9 Å². The number of nitrogens with two attached hydrogens (primary N) is 1. The summed E-state index contributed by atoms with van der Waals surface area (Å²) in [7, 11) is 0. The van der Waals surface area contributed by atoms with Crippen molar-refractivity contribution in [2.45, 2.75) is 6.41 Å². The van der Waals surface area contributed by atoms with Crippen LogP contribution in [0, 0.1) is 0 Å². The number of para-hydroxylation sites is 2. The van der Waals surface area contributed by atoms with Gasteiger partial charge in [0.25, 0.3) is 0 Å². The lowest BCUT2D eigenvalue weighted by Crippen LogP contribution is -2.41. The molecule has 0 aromatic heterocycles. The molecule has 1 heterocycles. The summed E-state index contributed by atoms with van der Waals surface area (Å²) in [5, 5.41) is 0. The highest BCUT2D eigenvalue weighted by Crippen LogP contribution is 2.32. The highest BCUT2D eigenvalue weighted by Gasteiger charge is 2.21. The Morgan fingerprint density at radius 1 is 1.18 bits per heavy atom. The molecule has 11 heavy (non-hydrogen) atoms. The van der Waals surface area contributed by atoms with E-state index in [-0.39, 0.29) is 0 Å². The van der Waals surface area contributed by atoms with E-state index in [1.807, 2.05) is 24.3 Å². The molecule has 1 aromatic carbocycles. The molecule has 1 aliphatic heterocycles. The zero-order chi connectivity index (χ0) is 7.68. The average Bonchev–Trinajstić information content (AvgIpc) is 2.46. The second-order valence-corrected chi connectivity index (χ2v) is 2.18. The first-order chi connectivity index (χ1) is 5.40. The summed E-state index contributed by atoms with van der Waals surface area (Å²) < 4.78 is 10.4. The van der Waals surface area contributed by atoms with Crippen molar-refractivity contribution in [1.82, 2.24) is 5.43 Å². The van der Waals surface area contributed by atoms with Gasteiger partial charge in [0, 0.05) is 0 Å². The minimum absolute atomic E-state index is 0.549. The fourth-order valence-corrected chi connectivity index (χ4v) is 0.968. The molecule has 2 rings (SSSR count). The van der Waals surface area contributed by atoms with E-state index in [4.69, 9.17) is 15.3 Å². The quantitative estimate of drug-likeness (QED) is 0.446. The van der Waals surface area contributed by atoms with Gasteiger partial charge in [0.05, 0.1) is 0 Å². The maximum Gasteiger partial charge on any atom is 0.315 e. The van der Waals surface area contributed by atoms with Gasteiger partial charge in [-0.1, -0.05) is 12.1 Å². The number of ether oxygens (including phenoxy) is 2. The molecule has 58 valence electrons. The number of fused-ring (bicyclic) bond motifs is 1. The van der Waals surface area contributed by atoms with Crippen molar-refractivity contribution in [2.75, 3.05) is 0 Å². The molecule has 0 atom stereocenters. The molecule has 4 heteroatoms. The van der Waals surface area contributed by atoms with Crippen LogP contribution in [-0.4, -0.2) is 6.41 Å². The average molecular weight is 152 g/mol. The maximum absolute atomic E-state index is 5.20. The molecule has 4 nitrogen and oxygen atoms in total. The summed E-state index contributed by atoms with van der Waals surface area (Å²) in [4.78, 5) is 0. The van der Waals surface area contributed by atoms with Crippen LogP contribution in [0.15, 0.2) is 24.3 Å². The molecule has 0 unspecified atom stereocenters. The van der Waals surface area contributed by atoms with Gasteiger partial charge in [-0.3, -0.25) is 5.84 Å². The summed E-state index contributed by atoms with van der Waals surface area (Å²) in [6.07, 6.45) is -0.549. The van der Waals surface area contributed by atoms with Crippen molar-refractivity contribution in [3.05, 3.63) is 24.3 Å². The van der Waals surface area contributed by atoms with E-state index < -0.39 is 6.41 Å². The number of hydrogen-bond acceptors (Lipinski definition) is 4. The molecule has 0 saturated heterocycles. The van der Waals surface area contributed by atoms with Crippen molar-refractivity contribution in [1.29, 1.82) is 0 Å². The van der Waals surface area contributed by atoms with Crippen molar-refractivity contribution in [3.63, 3.8) is 0 Å². The predicted molar refractivity (Wildman–Crippen MR) is 38.8 cm³/mol. The van der Waals surface area contributed by atoms with E-state index >= 15 is 0 Å². The molecule has 0 saturated carbocycles. The smallest absolute Gasteiger partial charge is 0.315 e. The van der Waals surface area contributed by atoms with Gasteiger partial charge in [0.1, 0.15) is 0 Å². The molecule has 0 radical (unpaired) electrons. The molecule has 1 aromatic rings. The van der Waals surface area contributed by atoms with Crippen LogP contribution in [0.4, 0.5) is 0 Å². The van der Waals surface area contributed by atoms with E-state index in [1.165, 1.54) is 0 Å². The van der Waals surface area contributed by atoms with Crippen LogP contribution in [0.25, 0.3) is 0 Å². The van der Waals surface area contributed by atoms with Crippen LogP contribution < -0.4 is 20.7 Å². The Morgan fingerprint density at radius 3 is 2.18 bits per heavy atom. The third-order valence-corrected chi connectivity index (χ3v) is 1.45. The monoisotopic (exact) mass is 152 g/mol. The lowest BCUT2D eigenvalue weighted by molar-refractivity contribution is 0.0185. The first-order valence-corrected chi connectivity index (χ1v) is 3.28. The van der Waals surface area contributed by atoms with Gasteiger partial charge < -0.3 is 9.47 Å². The number of nitrogens with one attached hydrogen (secondary N) is 1. The number of benzene rings is 1. The lowest BCUT2D eigenvalue weighted by atomic mass is 10.3. The topological polar surface area (TPSA) is 56.5 Å². The maximum atomic E-state index is 5.20. The van der Waals surface area contributed by atoms with Crippen LogP contribution in [0.5, 0.6) is 11.5 Å². The number of hydrazine groups is 1. The molecule has 0 amide bonds. The summed E-state index contributed by atoms with van der Waals surface area (Å²) in [5.41, 5.74) is 2.37. The molecule has 0 fully saturated rings. The van der Waals surface area contributed by atoms with Crippen molar-refractivity contribution in [2.24, 2.45) is 5.84 Å². The van der Waals surface area contributed by atoms with Gasteiger partial charge in [-0.25, -0.2) is 0 Å². The second-order valence-electron chi connectivity index (χ2n) is 2.18. The van der Waals surface area contributed by atoms with Crippen LogP contribution in [0.2, 0.25) is 0 Å². The van der Waals surface area contributed by atoms with E-state index in [0.29, 0.717) is 0 Å². The summed E-state index contributed by atoms with van der Waals surface area (Å²) in [6, 6.07) is 7.40. The molecule has 0 bridgehead atoms. The second kappa shape index (κ2) is 2.41. The summed E-state index contributed by atoms with van der Waals surface area (Å²) in [6.45, 7) is 0. The fraction of sp³-hybridized carbons (Fsp3) is 0.143. The largest absolute Gasteiger partial charge is 0.437 e. The van der Waals surface area contributed by atoms with Crippen molar-refractivity contribution < 1.29 is 9.47 Å². The Morgan fingerprint density at radius 2 is 1.73 bits per heavy atom.